The van der Waals surface area contributed by atoms with Gasteiger partial charge in [-0.2, -0.15) is 18.3 Å². The number of nitrogens with zero attached hydrogens (tertiary/aromatic N) is 3. The van der Waals surface area contributed by atoms with E-state index in [9.17, 15) is 18.0 Å². The maximum absolute atomic E-state index is 12.5. The number of alkyl halides is 3. The molecule has 0 atom stereocenters. The van der Waals surface area contributed by atoms with Crippen LogP contribution in [0, 0.1) is 0 Å². The van der Waals surface area contributed by atoms with Crippen LogP contribution in [0.15, 0.2) is 47.6 Å². The van der Waals surface area contributed by atoms with Crippen molar-refractivity contribution < 1.29 is 18.0 Å². The number of hydrogen-bond acceptors (Lipinski definition) is 5. The van der Waals surface area contributed by atoms with Crippen LogP contribution in [0.3, 0.4) is 0 Å². The van der Waals surface area contributed by atoms with Crippen LogP contribution in [0.2, 0.25) is 0 Å². The molecule has 2 heterocycles. The highest BCUT2D eigenvalue weighted by Crippen LogP contribution is 2.38. The third-order valence-electron chi connectivity index (χ3n) is 4.31. The molecule has 0 radical (unpaired) electrons. The molecule has 6 nitrogen and oxygen atoms in total. The molecule has 1 aliphatic carbocycles. The molecule has 0 unspecified atom stereocenters. The van der Waals surface area contributed by atoms with Crippen LogP contribution in [-0.4, -0.2) is 31.8 Å². The number of H-pyrrole nitrogens is 1. The van der Waals surface area contributed by atoms with Gasteiger partial charge in [0.15, 0.2) is 5.82 Å². The maximum Gasteiger partial charge on any atom is 0.417 e. The highest BCUT2D eigenvalue weighted by molar-refractivity contribution is 7.99. The van der Waals surface area contributed by atoms with E-state index in [0.29, 0.717) is 22.5 Å². The zero-order chi connectivity index (χ0) is 20.4. The Bertz CT molecular complexity index is 998. The monoisotopic (exact) mass is 419 g/mol. The standard InChI is InChI=1S/C19H16F3N5OS/c20-19(21,22)13-5-8-16(23-9-13)29-10-15(28)24-14-6-3-12(4-7-14)18-25-17(26-27-18)11-1-2-11/h3-9,11H,1-2,10H2,(H,24,28)(H,25,26,27). The van der Waals surface area contributed by atoms with Crippen molar-refractivity contribution >= 4 is 23.4 Å². The number of halogens is 3. The SMILES string of the molecule is O=C(CSc1ccc(C(F)(F)F)cn1)Nc1ccc(-c2n[nH]c(C3CC3)n2)cc1. The lowest BCUT2D eigenvalue weighted by Gasteiger charge is -2.07. The number of thioether (sulfide) groups is 1. The van der Waals surface area contributed by atoms with E-state index in [-0.39, 0.29) is 11.7 Å². The minimum absolute atomic E-state index is 0.0335. The van der Waals surface area contributed by atoms with Crippen LogP contribution < -0.4 is 5.32 Å². The summed E-state index contributed by atoms with van der Waals surface area (Å²) in [6, 6.07) is 9.34. The van der Waals surface area contributed by atoms with E-state index in [1.165, 1.54) is 6.07 Å². The second-order valence-corrected chi connectivity index (χ2v) is 7.61. The van der Waals surface area contributed by atoms with Gasteiger partial charge in [-0.05, 0) is 49.2 Å². The molecule has 150 valence electrons. The molecule has 29 heavy (non-hydrogen) atoms. The molecule has 0 aliphatic heterocycles. The number of carbonyl (C=O) groups is 1. The Morgan fingerprint density at radius 2 is 1.93 bits per heavy atom. The first-order chi connectivity index (χ1) is 13.9. The number of pyridine rings is 1. The Morgan fingerprint density at radius 3 is 2.55 bits per heavy atom. The number of anilines is 1. The van der Waals surface area contributed by atoms with Gasteiger partial charge < -0.3 is 5.32 Å². The normalized spacial score (nSPS) is 14.0. The first kappa shape index (κ1) is 19.4. The fourth-order valence-corrected chi connectivity index (χ4v) is 3.26. The second kappa shape index (κ2) is 7.86. The Hall–Kier alpha value is -2.88. The average Bonchev–Trinajstić information content (AvgIpc) is 3.44. The number of benzene rings is 1. The molecule has 10 heteroatoms. The van der Waals surface area contributed by atoms with Crippen molar-refractivity contribution in [1.29, 1.82) is 0 Å². The van der Waals surface area contributed by atoms with Gasteiger partial charge in [-0.15, -0.1) is 0 Å². The van der Waals surface area contributed by atoms with Gasteiger partial charge in [0.1, 0.15) is 5.82 Å². The Kier molecular flexibility index (Phi) is 5.27. The predicted molar refractivity (Wildman–Crippen MR) is 102 cm³/mol. The third-order valence-corrected chi connectivity index (χ3v) is 5.25. The number of aromatic amines is 1. The maximum atomic E-state index is 12.5. The molecule has 4 rings (SSSR count). The van der Waals surface area contributed by atoms with Gasteiger partial charge in [0.25, 0.3) is 0 Å². The molecule has 0 spiro atoms. The lowest BCUT2D eigenvalue weighted by atomic mass is 10.2. The molecule has 2 N–H and O–H groups in total. The molecular formula is C19H16F3N5OS. The van der Waals surface area contributed by atoms with Crippen molar-refractivity contribution in [3.05, 3.63) is 54.0 Å². The van der Waals surface area contributed by atoms with E-state index in [0.717, 1.165) is 48.3 Å². The lowest BCUT2D eigenvalue weighted by Crippen LogP contribution is -2.14. The van der Waals surface area contributed by atoms with E-state index in [1.54, 1.807) is 12.1 Å². The molecule has 2 aromatic heterocycles. The summed E-state index contributed by atoms with van der Waals surface area (Å²) in [5.41, 5.74) is 0.634. The number of carbonyl (C=O) groups excluding carboxylic acids is 1. The smallest absolute Gasteiger partial charge is 0.325 e. The van der Waals surface area contributed by atoms with E-state index < -0.39 is 11.7 Å². The van der Waals surface area contributed by atoms with E-state index in [4.69, 9.17) is 0 Å². The summed E-state index contributed by atoms with van der Waals surface area (Å²) in [5.74, 6) is 1.77. The Labute approximate surface area is 168 Å². The molecule has 1 aliphatic rings. The van der Waals surface area contributed by atoms with Crippen LogP contribution in [0.5, 0.6) is 0 Å². The minimum atomic E-state index is -4.43. The van der Waals surface area contributed by atoms with Gasteiger partial charge in [0, 0.05) is 23.4 Å². The fourth-order valence-electron chi connectivity index (χ4n) is 2.62. The zero-order valence-corrected chi connectivity index (χ0v) is 15.8. The molecular weight excluding hydrogens is 403 g/mol. The van der Waals surface area contributed by atoms with Crippen LogP contribution in [-0.2, 0) is 11.0 Å². The largest absolute Gasteiger partial charge is 0.417 e. The summed E-state index contributed by atoms with van der Waals surface area (Å²) in [6.07, 6.45) is -1.39. The molecule has 1 amide bonds. The van der Waals surface area contributed by atoms with Crippen LogP contribution in [0.1, 0.15) is 30.1 Å². The van der Waals surface area contributed by atoms with Gasteiger partial charge in [0.05, 0.1) is 16.3 Å². The topological polar surface area (TPSA) is 83.6 Å². The summed E-state index contributed by atoms with van der Waals surface area (Å²) in [4.78, 5) is 20.3. The molecule has 1 aromatic carbocycles. The summed E-state index contributed by atoms with van der Waals surface area (Å²) >= 11 is 1.06. The van der Waals surface area contributed by atoms with Crippen LogP contribution in [0.4, 0.5) is 18.9 Å². The molecule has 3 aromatic rings. The number of nitrogens with one attached hydrogen (secondary N) is 2. The summed E-state index contributed by atoms with van der Waals surface area (Å²) in [7, 11) is 0. The second-order valence-electron chi connectivity index (χ2n) is 6.62. The van der Waals surface area contributed by atoms with Crippen molar-refractivity contribution in [2.75, 3.05) is 11.1 Å². The average molecular weight is 419 g/mol. The number of hydrogen-bond donors (Lipinski definition) is 2. The van der Waals surface area contributed by atoms with Crippen molar-refractivity contribution in [1.82, 2.24) is 20.2 Å². The fraction of sp³-hybridized carbons (Fsp3) is 0.263. The minimum Gasteiger partial charge on any atom is -0.325 e. The van der Waals surface area contributed by atoms with Crippen LogP contribution in [0.25, 0.3) is 11.4 Å². The number of rotatable bonds is 6. The van der Waals surface area contributed by atoms with E-state index >= 15 is 0 Å². The summed E-state index contributed by atoms with van der Waals surface area (Å²) in [6.45, 7) is 0. The zero-order valence-electron chi connectivity index (χ0n) is 15.0. The third kappa shape index (κ3) is 4.94. The van der Waals surface area contributed by atoms with Crippen molar-refractivity contribution in [3.8, 4) is 11.4 Å². The summed E-state index contributed by atoms with van der Waals surface area (Å²) in [5, 5.41) is 10.3. The first-order valence-electron chi connectivity index (χ1n) is 8.87. The van der Waals surface area contributed by atoms with Gasteiger partial charge in [-0.1, -0.05) is 11.8 Å². The highest BCUT2D eigenvalue weighted by atomic mass is 32.2. The quantitative estimate of drug-likeness (QED) is 0.575. The lowest BCUT2D eigenvalue weighted by molar-refractivity contribution is -0.137. The number of amides is 1. The van der Waals surface area contributed by atoms with E-state index in [1.807, 2.05) is 12.1 Å². The molecule has 1 fully saturated rings. The molecule has 0 saturated heterocycles. The first-order valence-corrected chi connectivity index (χ1v) is 9.86. The van der Waals surface area contributed by atoms with Gasteiger partial charge in [0.2, 0.25) is 5.91 Å². The molecule has 1 saturated carbocycles. The van der Waals surface area contributed by atoms with Crippen molar-refractivity contribution in [2.45, 2.75) is 30.0 Å². The Morgan fingerprint density at radius 1 is 1.17 bits per heavy atom. The predicted octanol–water partition coefficient (Wildman–Crippen LogP) is 4.49. The molecule has 0 bridgehead atoms. The van der Waals surface area contributed by atoms with Gasteiger partial charge in [-0.25, -0.2) is 9.97 Å². The summed E-state index contributed by atoms with van der Waals surface area (Å²) < 4.78 is 37.6. The van der Waals surface area contributed by atoms with Gasteiger partial charge >= 0.3 is 6.18 Å². The highest BCUT2D eigenvalue weighted by Gasteiger charge is 2.30. The van der Waals surface area contributed by atoms with Crippen LogP contribution >= 0.6 is 11.8 Å². The number of aromatic nitrogens is 4. The van der Waals surface area contributed by atoms with E-state index in [2.05, 4.69) is 25.5 Å². The van der Waals surface area contributed by atoms with Crippen molar-refractivity contribution in [2.24, 2.45) is 0 Å². The van der Waals surface area contributed by atoms with Gasteiger partial charge in [-0.3, -0.25) is 9.89 Å². The Balaban J connectivity index is 1.30. The van der Waals surface area contributed by atoms with Crippen molar-refractivity contribution in [3.63, 3.8) is 0 Å².